The molecule has 22 heavy (non-hydrogen) atoms. The van der Waals surface area contributed by atoms with Crippen LogP contribution >= 0.6 is 0 Å². The fraction of sp³-hybridized carbons (Fsp3) is 0.0588. The van der Waals surface area contributed by atoms with Crippen LogP contribution in [0, 0.1) is 0 Å². The van der Waals surface area contributed by atoms with Gasteiger partial charge in [-0.05, 0) is 35.7 Å². The molecule has 5 heteroatoms. The smallest absolute Gasteiger partial charge is 0.251 e. The Hall–Kier alpha value is -3.08. The SMILES string of the molecule is O=C(CNC(=O)c1ccccc1)Nc1ccc2cc[nH]c2c1. The van der Waals surface area contributed by atoms with Gasteiger partial charge in [0.1, 0.15) is 0 Å². The van der Waals surface area contributed by atoms with E-state index in [1.54, 1.807) is 24.3 Å². The average molecular weight is 293 g/mol. The average Bonchev–Trinajstić information content (AvgIpc) is 3.01. The van der Waals surface area contributed by atoms with E-state index in [0.717, 1.165) is 10.9 Å². The minimum absolute atomic E-state index is 0.0729. The van der Waals surface area contributed by atoms with Crippen molar-refractivity contribution in [3.8, 4) is 0 Å². The molecule has 0 atom stereocenters. The first-order valence-corrected chi connectivity index (χ1v) is 6.92. The maximum atomic E-state index is 11.9. The van der Waals surface area contributed by atoms with E-state index in [0.29, 0.717) is 11.3 Å². The summed E-state index contributed by atoms with van der Waals surface area (Å²) in [7, 11) is 0. The van der Waals surface area contributed by atoms with Crippen LogP contribution in [-0.2, 0) is 4.79 Å². The molecule has 2 amide bonds. The summed E-state index contributed by atoms with van der Waals surface area (Å²) in [4.78, 5) is 26.8. The molecule has 0 fully saturated rings. The number of carbonyl (C=O) groups excluding carboxylic acids is 2. The lowest BCUT2D eigenvalue weighted by molar-refractivity contribution is -0.115. The second-order valence-electron chi connectivity index (χ2n) is 4.88. The second-order valence-corrected chi connectivity index (χ2v) is 4.88. The molecule has 2 aromatic carbocycles. The molecule has 0 radical (unpaired) electrons. The number of fused-ring (bicyclic) bond motifs is 1. The predicted molar refractivity (Wildman–Crippen MR) is 85.7 cm³/mol. The molecule has 0 saturated heterocycles. The number of rotatable bonds is 4. The third-order valence-electron chi connectivity index (χ3n) is 3.28. The van der Waals surface area contributed by atoms with Crippen molar-refractivity contribution >= 4 is 28.4 Å². The Balaban J connectivity index is 1.57. The number of hydrogen-bond acceptors (Lipinski definition) is 2. The number of nitrogens with one attached hydrogen (secondary N) is 3. The Morgan fingerprint density at radius 2 is 1.82 bits per heavy atom. The van der Waals surface area contributed by atoms with Gasteiger partial charge >= 0.3 is 0 Å². The molecule has 0 unspecified atom stereocenters. The van der Waals surface area contributed by atoms with E-state index in [-0.39, 0.29) is 18.4 Å². The van der Waals surface area contributed by atoms with Crippen molar-refractivity contribution in [1.82, 2.24) is 10.3 Å². The van der Waals surface area contributed by atoms with Gasteiger partial charge in [-0.15, -0.1) is 0 Å². The summed E-state index contributed by atoms with van der Waals surface area (Å²) in [6.07, 6.45) is 1.84. The van der Waals surface area contributed by atoms with Gasteiger partial charge in [0.05, 0.1) is 6.54 Å². The summed E-state index contributed by atoms with van der Waals surface area (Å²) >= 11 is 0. The van der Waals surface area contributed by atoms with E-state index in [2.05, 4.69) is 15.6 Å². The molecule has 0 aliphatic carbocycles. The van der Waals surface area contributed by atoms with Gasteiger partial charge in [0, 0.05) is 23.0 Å². The van der Waals surface area contributed by atoms with Crippen molar-refractivity contribution < 1.29 is 9.59 Å². The maximum Gasteiger partial charge on any atom is 0.251 e. The van der Waals surface area contributed by atoms with E-state index >= 15 is 0 Å². The first kappa shape index (κ1) is 13.9. The number of hydrogen-bond donors (Lipinski definition) is 3. The fourth-order valence-electron chi connectivity index (χ4n) is 2.18. The third kappa shape index (κ3) is 3.15. The molecule has 0 aliphatic rings. The largest absolute Gasteiger partial charge is 0.361 e. The van der Waals surface area contributed by atoms with Crippen molar-refractivity contribution in [2.75, 3.05) is 11.9 Å². The summed E-state index contributed by atoms with van der Waals surface area (Å²) in [5.41, 5.74) is 2.17. The highest BCUT2D eigenvalue weighted by Crippen LogP contribution is 2.17. The summed E-state index contributed by atoms with van der Waals surface area (Å²) in [6.45, 7) is -0.0729. The lowest BCUT2D eigenvalue weighted by atomic mass is 10.2. The molecular formula is C17H15N3O2. The lowest BCUT2D eigenvalue weighted by Gasteiger charge is -2.07. The van der Waals surface area contributed by atoms with E-state index < -0.39 is 0 Å². The van der Waals surface area contributed by atoms with E-state index in [4.69, 9.17) is 0 Å². The highest BCUT2D eigenvalue weighted by Gasteiger charge is 2.08. The van der Waals surface area contributed by atoms with Crippen molar-refractivity contribution in [3.63, 3.8) is 0 Å². The summed E-state index contributed by atoms with van der Waals surface area (Å²) in [5, 5.41) is 6.43. The van der Waals surface area contributed by atoms with Crippen LogP contribution < -0.4 is 10.6 Å². The molecule has 0 saturated carbocycles. The summed E-state index contributed by atoms with van der Waals surface area (Å²) in [6, 6.07) is 16.4. The molecule has 110 valence electrons. The lowest BCUT2D eigenvalue weighted by Crippen LogP contribution is -2.32. The molecule has 3 rings (SSSR count). The number of aromatic nitrogens is 1. The van der Waals surface area contributed by atoms with Gasteiger partial charge in [-0.2, -0.15) is 0 Å². The van der Waals surface area contributed by atoms with Crippen molar-refractivity contribution in [2.45, 2.75) is 0 Å². The van der Waals surface area contributed by atoms with Gasteiger partial charge in [0.2, 0.25) is 5.91 Å². The minimum atomic E-state index is -0.268. The molecule has 3 aromatic rings. The Morgan fingerprint density at radius 1 is 1.00 bits per heavy atom. The van der Waals surface area contributed by atoms with Crippen LogP contribution in [0.5, 0.6) is 0 Å². The van der Waals surface area contributed by atoms with E-state index in [1.807, 2.05) is 36.5 Å². The molecular weight excluding hydrogens is 278 g/mol. The van der Waals surface area contributed by atoms with Crippen molar-refractivity contribution in [2.24, 2.45) is 0 Å². The monoisotopic (exact) mass is 293 g/mol. The van der Waals surface area contributed by atoms with Crippen LogP contribution in [0.3, 0.4) is 0 Å². The fourth-order valence-corrected chi connectivity index (χ4v) is 2.18. The number of aromatic amines is 1. The van der Waals surface area contributed by atoms with Gasteiger partial charge < -0.3 is 15.6 Å². The highest BCUT2D eigenvalue weighted by atomic mass is 16.2. The Kier molecular flexibility index (Phi) is 3.87. The molecule has 5 nitrogen and oxygen atoms in total. The second kappa shape index (κ2) is 6.13. The zero-order valence-electron chi connectivity index (χ0n) is 11.8. The van der Waals surface area contributed by atoms with Crippen molar-refractivity contribution in [1.29, 1.82) is 0 Å². The van der Waals surface area contributed by atoms with Crippen LogP contribution in [0.15, 0.2) is 60.8 Å². The summed E-state index contributed by atoms with van der Waals surface area (Å²) < 4.78 is 0. The zero-order valence-corrected chi connectivity index (χ0v) is 11.8. The molecule has 1 heterocycles. The number of amides is 2. The first-order valence-electron chi connectivity index (χ1n) is 6.92. The molecule has 3 N–H and O–H groups in total. The third-order valence-corrected chi connectivity index (χ3v) is 3.28. The number of carbonyl (C=O) groups is 2. The topological polar surface area (TPSA) is 74.0 Å². The van der Waals surface area contributed by atoms with Gasteiger partial charge in [-0.1, -0.05) is 24.3 Å². The molecule has 0 bridgehead atoms. The Bertz CT molecular complexity index is 809. The summed E-state index contributed by atoms with van der Waals surface area (Å²) in [5.74, 6) is -0.536. The first-order chi connectivity index (χ1) is 10.7. The van der Waals surface area contributed by atoms with E-state index in [1.165, 1.54) is 0 Å². The van der Waals surface area contributed by atoms with Crippen molar-refractivity contribution in [3.05, 3.63) is 66.4 Å². The maximum absolute atomic E-state index is 11.9. The zero-order chi connectivity index (χ0) is 15.4. The molecule has 0 spiro atoms. The minimum Gasteiger partial charge on any atom is -0.361 e. The molecule has 1 aromatic heterocycles. The van der Waals surface area contributed by atoms with Gasteiger partial charge in [0.15, 0.2) is 0 Å². The Labute approximate surface area is 127 Å². The van der Waals surface area contributed by atoms with Crippen LogP contribution in [0.1, 0.15) is 10.4 Å². The van der Waals surface area contributed by atoms with Gasteiger partial charge in [-0.25, -0.2) is 0 Å². The van der Waals surface area contributed by atoms with Gasteiger partial charge in [-0.3, -0.25) is 9.59 Å². The van der Waals surface area contributed by atoms with Crippen LogP contribution in [0.4, 0.5) is 5.69 Å². The predicted octanol–water partition coefficient (Wildman–Crippen LogP) is 2.54. The number of benzene rings is 2. The number of anilines is 1. The highest BCUT2D eigenvalue weighted by molar-refractivity contribution is 6.00. The van der Waals surface area contributed by atoms with Crippen LogP contribution in [0.2, 0.25) is 0 Å². The number of H-pyrrole nitrogens is 1. The normalized spacial score (nSPS) is 10.4. The van der Waals surface area contributed by atoms with E-state index in [9.17, 15) is 9.59 Å². The van der Waals surface area contributed by atoms with Gasteiger partial charge in [0.25, 0.3) is 5.91 Å². The standard InChI is InChI=1S/C17H15N3O2/c21-16(11-19-17(22)13-4-2-1-3-5-13)20-14-7-6-12-8-9-18-15(12)10-14/h1-10,18H,11H2,(H,19,22)(H,20,21). The Morgan fingerprint density at radius 3 is 2.64 bits per heavy atom. The molecule has 0 aliphatic heterocycles. The van der Waals surface area contributed by atoms with Crippen LogP contribution in [-0.4, -0.2) is 23.3 Å². The van der Waals surface area contributed by atoms with Crippen LogP contribution in [0.25, 0.3) is 10.9 Å². The quantitative estimate of drug-likeness (QED) is 0.691.